The monoisotopic (exact) mass is 318 g/mol. The Hall–Kier alpha value is -2.15. The van der Waals surface area contributed by atoms with E-state index >= 15 is 0 Å². The van der Waals surface area contributed by atoms with Crippen molar-refractivity contribution in [2.24, 2.45) is 0 Å². The predicted molar refractivity (Wildman–Crippen MR) is 86.2 cm³/mol. The number of aromatic nitrogens is 2. The van der Waals surface area contributed by atoms with Crippen molar-refractivity contribution in [3.63, 3.8) is 0 Å². The van der Waals surface area contributed by atoms with Crippen molar-refractivity contribution in [1.82, 2.24) is 10.2 Å². The van der Waals surface area contributed by atoms with E-state index in [-0.39, 0.29) is 11.6 Å². The Morgan fingerprint density at radius 2 is 1.68 bits per heavy atom. The number of hydrogen-bond donors (Lipinski definition) is 2. The second-order valence-electron chi connectivity index (χ2n) is 5.38. The third-order valence-electron chi connectivity index (χ3n) is 3.36. The van der Waals surface area contributed by atoms with Crippen LogP contribution in [0.15, 0.2) is 42.5 Å². The van der Waals surface area contributed by atoms with Crippen LogP contribution in [-0.2, 0) is 16.4 Å². The molecule has 2 N–H and O–H groups in total. The van der Waals surface area contributed by atoms with Crippen LogP contribution in [0.2, 0.25) is 0 Å². The maximum absolute atomic E-state index is 12.1. The molecule has 1 aliphatic rings. The lowest BCUT2D eigenvalue weighted by Gasteiger charge is -2.08. The molecule has 0 bridgehead atoms. The third-order valence-corrected chi connectivity index (χ3v) is 4.62. The van der Waals surface area contributed by atoms with Crippen molar-refractivity contribution in [3.8, 4) is 0 Å². The van der Waals surface area contributed by atoms with E-state index in [1.54, 1.807) is 12.1 Å². The SMILES string of the molecule is O=S(=O)(CCc1ccccc1)Nc1ccc(NC2CC2)nn1. The Morgan fingerprint density at radius 3 is 2.32 bits per heavy atom. The minimum atomic E-state index is -3.43. The van der Waals surface area contributed by atoms with E-state index < -0.39 is 10.0 Å². The third kappa shape index (κ3) is 4.42. The number of aryl methyl sites for hydroxylation is 1. The average Bonchev–Trinajstić information content (AvgIpc) is 3.32. The molecule has 0 atom stereocenters. The van der Waals surface area contributed by atoms with Crippen molar-refractivity contribution in [2.45, 2.75) is 25.3 Å². The molecule has 0 aliphatic heterocycles. The van der Waals surface area contributed by atoms with Gasteiger partial charge >= 0.3 is 0 Å². The molecule has 7 heteroatoms. The molecule has 22 heavy (non-hydrogen) atoms. The molecular formula is C15H18N4O2S. The van der Waals surface area contributed by atoms with Crippen LogP contribution in [0.3, 0.4) is 0 Å². The first-order chi connectivity index (χ1) is 10.6. The van der Waals surface area contributed by atoms with Gasteiger partial charge in [0.15, 0.2) is 5.82 Å². The minimum absolute atomic E-state index is 0.0147. The van der Waals surface area contributed by atoms with Crippen molar-refractivity contribution in [3.05, 3.63) is 48.0 Å². The topological polar surface area (TPSA) is 84.0 Å². The van der Waals surface area contributed by atoms with Crippen LogP contribution in [0.1, 0.15) is 18.4 Å². The second-order valence-corrected chi connectivity index (χ2v) is 7.22. The van der Waals surface area contributed by atoms with Crippen LogP contribution in [0, 0.1) is 0 Å². The maximum atomic E-state index is 12.1. The van der Waals surface area contributed by atoms with E-state index in [1.807, 2.05) is 30.3 Å². The van der Waals surface area contributed by atoms with Gasteiger partial charge in [0, 0.05) is 6.04 Å². The molecule has 116 valence electrons. The minimum Gasteiger partial charge on any atom is -0.366 e. The molecule has 0 amide bonds. The van der Waals surface area contributed by atoms with Crippen molar-refractivity contribution in [1.29, 1.82) is 0 Å². The van der Waals surface area contributed by atoms with Crippen LogP contribution in [0.5, 0.6) is 0 Å². The Morgan fingerprint density at radius 1 is 1.00 bits per heavy atom. The molecule has 1 saturated carbocycles. The summed E-state index contributed by atoms with van der Waals surface area (Å²) in [6, 6.07) is 13.4. The van der Waals surface area contributed by atoms with Gasteiger partial charge in [0.25, 0.3) is 0 Å². The summed E-state index contributed by atoms with van der Waals surface area (Å²) >= 11 is 0. The fourth-order valence-corrected chi connectivity index (χ4v) is 3.04. The van der Waals surface area contributed by atoms with Gasteiger partial charge in [-0.1, -0.05) is 30.3 Å². The van der Waals surface area contributed by atoms with Gasteiger partial charge in [0.05, 0.1) is 5.75 Å². The summed E-state index contributed by atoms with van der Waals surface area (Å²) in [6.45, 7) is 0. The van der Waals surface area contributed by atoms with E-state index in [0.717, 1.165) is 18.4 Å². The molecule has 6 nitrogen and oxygen atoms in total. The smallest absolute Gasteiger partial charge is 0.234 e. The fraction of sp³-hybridized carbons (Fsp3) is 0.333. The lowest BCUT2D eigenvalue weighted by Crippen LogP contribution is -2.19. The van der Waals surface area contributed by atoms with Crippen LogP contribution in [-0.4, -0.2) is 30.4 Å². The Kier molecular flexibility index (Phi) is 4.24. The fourth-order valence-electron chi connectivity index (χ4n) is 2.01. The van der Waals surface area contributed by atoms with Gasteiger partial charge < -0.3 is 5.32 Å². The van der Waals surface area contributed by atoms with E-state index in [1.165, 1.54) is 0 Å². The molecule has 0 spiro atoms. The summed E-state index contributed by atoms with van der Waals surface area (Å²) < 4.78 is 26.6. The van der Waals surface area contributed by atoms with Gasteiger partial charge in [-0.3, -0.25) is 4.72 Å². The number of benzene rings is 1. The highest BCUT2D eigenvalue weighted by atomic mass is 32.2. The van der Waals surface area contributed by atoms with Crippen molar-refractivity contribution in [2.75, 3.05) is 15.8 Å². The number of anilines is 2. The van der Waals surface area contributed by atoms with E-state index in [2.05, 4.69) is 20.2 Å². The first kappa shape index (κ1) is 14.8. The van der Waals surface area contributed by atoms with Crippen LogP contribution in [0.25, 0.3) is 0 Å². The normalized spacial score (nSPS) is 14.5. The molecule has 1 fully saturated rings. The van der Waals surface area contributed by atoms with Gasteiger partial charge in [-0.2, -0.15) is 0 Å². The zero-order valence-corrected chi connectivity index (χ0v) is 12.9. The maximum Gasteiger partial charge on any atom is 0.234 e. The van der Waals surface area contributed by atoms with E-state index in [9.17, 15) is 8.42 Å². The second kappa shape index (κ2) is 6.31. The van der Waals surface area contributed by atoms with E-state index in [4.69, 9.17) is 0 Å². The summed E-state index contributed by atoms with van der Waals surface area (Å²) in [6.07, 6.45) is 2.76. The number of hydrogen-bond acceptors (Lipinski definition) is 5. The molecule has 1 aromatic carbocycles. The number of nitrogens with one attached hydrogen (secondary N) is 2. The molecule has 1 heterocycles. The molecule has 1 aliphatic carbocycles. The standard InChI is InChI=1S/C15H18N4O2S/c20-22(21,11-10-12-4-2-1-3-5-12)19-15-9-8-14(17-18-15)16-13-6-7-13/h1-5,8-9,13H,6-7,10-11H2,(H,16,17)(H,18,19). The average molecular weight is 318 g/mol. The van der Waals surface area contributed by atoms with E-state index in [0.29, 0.717) is 18.3 Å². The molecule has 0 radical (unpaired) electrons. The molecule has 0 saturated heterocycles. The molecular weight excluding hydrogens is 300 g/mol. The number of sulfonamides is 1. The van der Waals surface area contributed by atoms with Gasteiger partial charge in [-0.05, 0) is 37.0 Å². The largest absolute Gasteiger partial charge is 0.366 e. The van der Waals surface area contributed by atoms with Crippen molar-refractivity contribution >= 4 is 21.7 Å². The Balaban J connectivity index is 1.56. The summed E-state index contributed by atoms with van der Waals surface area (Å²) in [7, 11) is -3.43. The Bertz CT molecular complexity index is 713. The zero-order valence-electron chi connectivity index (χ0n) is 12.1. The Labute approximate surface area is 130 Å². The number of nitrogens with zero attached hydrogens (tertiary/aromatic N) is 2. The molecule has 1 aromatic heterocycles. The zero-order chi connectivity index (χ0) is 15.4. The lowest BCUT2D eigenvalue weighted by molar-refractivity contribution is 0.600. The first-order valence-corrected chi connectivity index (χ1v) is 8.91. The molecule has 0 unspecified atom stereocenters. The highest BCUT2D eigenvalue weighted by molar-refractivity contribution is 7.92. The van der Waals surface area contributed by atoms with Gasteiger partial charge in [0.1, 0.15) is 5.82 Å². The highest BCUT2D eigenvalue weighted by Crippen LogP contribution is 2.23. The highest BCUT2D eigenvalue weighted by Gasteiger charge is 2.21. The quantitative estimate of drug-likeness (QED) is 0.816. The lowest BCUT2D eigenvalue weighted by atomic mass is 10.2. The number of rotatable bonds is 7. The van der Waals surface area contributed by atoms with Gasteiger partial charge in [0.2, 0.25) is 10.0 Å². The van der Waals surface area contributed by atoms with Crippen LogP contribution < -0.4 is 10.0 Å². The van der Waals surface area contributed by atoms with Gasteiger partial charge in [-0.15, -0.1) is 10.2 Å². The summed E-state index contributed by atoms with van der Waals surface area (Å²) in [5, 5.41) is 11.1. The molecule has 3 rings (SSSR count). The summed E-state index contributed by atoms with van der Waals surface area (Å²) in [5.74, 6) is 0.935. The van der Waals surface area contributed by atoms with Crippen LogP contribution >= 0.6 is 0 Å². The first-order valence-electron chi connectivity index (χ1n) is 7.25. The molecule has 2 aromatic rings. The summed E-state index contributed by atoms with van der Waals surface area (Å²) in [5.41, 5.74) is 0.989. The summed E-state index contributed by atoms with van der Waals surface area (Å²) in [4.78, 5) is 0. The van der Waals surface area contributed by atoms with Crippen molar-refractivity contribution < 1.29 is 8.42 Å². The van der Waals surface area contributed by atoms with Crippen LogP contribution in [0.4, 0.5) is 11.6 Å². The predicted octanol–water partition coefficient (Wildman–Crippen LogP) is 2.04. The van der Waals surface area contributed by atoms with Gasteiger partial charge in [-0.25, -0.2) is 8.42 Å².